The van der Waals surface area contributed by atoms with Crippen molar-refractivity contribution in [3.63, 3.8) is 0 Å². The van der Waals surface area contributed by atoms with Crippen LogP contribution >= 0.6 is 11.6 Å². The molecule has 2 fully saturated rings. The van der Waals surface area contributed by atoms with Crippen LogP contribution in [0.5, 0.6) is 11.5 Å². The summed E-state index contributed by atoms with van der Waals surface area (Å²) >= 11 is 6.41. The van der Waals surface area contributed by atoms with Gasteiger partial charge in [0.2, 0.25) is 5.91 Å². The molecule has 2 aliphatic rings. The Morgan fingerprint density at radius 3 is 2.41 bits per heavy atom. The molecule has 2 aromatic rings. The highest BCUT2D eigenvalue weighted by atomic mass is 35.5. The molecule has 2 saturated heterocycles. The van der Waals surface area contributed by atoms with Gasteiger partial charge in [0.1, 0.15) is 17.6 Å². The van der Waals surface area contributed by atoms with Gasteiger partial charge in [0, 0.05) is 37.3 Å². The fourth-order valence-electron chi connectivity index (χ4n) is 4.25. The van der Waals surface area contributed by atoms with Crippen LogP contribution in [0.3, 0.4) is 0 Å². The van der Waals surface area contributed by atoms with Crippen molar-refractivity contribution in [2.24, 2.45) is 0 Å². The van der Waals surface area contributed by atoms with Gasteiger partial charge in [-0.05, 0) is 61.9 Å². The molecule has 0 bridgehead atoms. The predicted octanol–water partition coefficient (Wildman–Crippen LogP) is 5.37. The van der Waals surface area contributed by atoms with Gasteiger partial charge >= 0.3 is 6.36 Å². The number of rotatable bonds is 6. The minimum Gasteiger partial charge on any atom is -0.489 e. The number of nitrogens with one attached hydrogen (secondary N) is 2. The molecule has 0 aliphatic carbocycles. The van der Waals surface area contributed by atoms with Crippen LogP contribution < -0.4 is 25.0 Å². The molecule has 4 rings (SSSR count). The van der Waals surface area contributed by atoms with Gasteiger partial charge in [-0.2, -0.15) is 0 Å². The van der Waals surface area contributed by atoms with Crippen molar-refractivity contribution in [2.45, 2.75) is 50.6 Å². The summed E-state index contributed by atoms with van der Waals surface area (Å²) in [6.45, 7) is 2.25. The Bertz CT molecular complexity index is 974. The van der Waals surface area contributed by atoms with E-state index in [9.17, 15) is 18.0 Å². The average molecular weight is 498 g/mol. The summed E-state index contributed by atoms with van der Waals surface area (Å²) in [5.74, 6) is 0.260. The van der Waals surface area contributed by atoms with Gasteiger partial charge in [-0.3, -0.25) is 4.79 Å². The molecule has 0 spiro atoms. The standard InChI is InChI=1S/C24H27ClF3N3O3/c25-20-15-16(30-23(32)21-3-1-2-12-29-21)4-9-22(20)33-18-10-13-31(14-11-18)17-5-7-19(8-6-17)34-24(26,27)28/h4-9,15,18,21,29H,1-3,10-14H2,(H,30,32)/t21-/m1/s1. The van der Waals surface area contributed by atoms with E-state index >= 15 is 0 Å². The molecule has 2 N–H and O–H groups in total. The van der Waals surface area contributed by atoms with Crippen molar-refractivity contribution in [2.75, 3.05) is 29.9 Å². The average Bonchev–Trinajstić information content (AvgIpc) is 2.81. The lowest BCUT2D eigenvalue weighted by molar-refractivity contribution is -0.274. The molecule has 0 aromatic heterocycles. The van der Waals surface area contributed by atoms with Crippen LogP contribution in [0.1, 0.15) is 32.1 Å². The minimum atomic E-state index is -4.70. The van der Waals surface area contributed by atoms with E-state index in [4.69, 9.17) is 16.3 Å². The SMILES string of the molecule is O=C(Nc1ccc(OC2CCN(c3ccc(OC(F)(F)F)cc3)CC2)c(Cl)c1)[C@H]1CCCCN1. The fraction of sp³-hybridized carbons (Fsp3) is 0.458. The quantitative estimate of drug-likeness (QED) is 0.562. The normalized spacial score (nSPS) is 19.5. The highest BCUT2D eigenvalue weighted by Gasteiger charge is 2.31. The Balaban J connectivity index is 1.27. The third kappa shape index (κ3) is 6.70. The van der Waals surface area contributed by atoms with E-state index in [2.05, 4.69) is 20.3 Å². The first-order valence-corrected chi connectivity index (χ1v) is 11.8. The van der Waals surface area contributed by atoms with E-state index < -0.39 is 6.36 Å². The molecule has 10 heteroatoms. The number of hydrogen-bond donors (Lipinski definition) is 2. The lowest BCUT2D eigenvalue weighted by Crippen LogP contribution is -2.43. The van der Waals surface area contributed by atoms with Crippen molar-refractivity contribution in [3.05, 3.63) is 47.5 Å². The Labute approximate surface area is 201 Å². The molecule has 0 unspecified atom stereocenters. The number of carbonyl (C=O) groups excluding carboxylic acids is 1. The number of anilines is 2. The van der Waals surface area contributed by atoms with E-state index in [1.807, 2.05) is 0 Å². The Morgan fingerprint density at radius 2 is 1.79 bits per heavy atom. The first-order valence-electron chi connectivity index (χ1n) is 11.4. The van der Waals surface area contributed by atoms with Crippen molar-refractivity contribution in [1.29, 1.82) is 0 Å². The second-order valence-corrected chi connectivity index (χ2v) is 8.89. The van der Waals surface area contributed by atoms with Gasteiger partial charge < -0.3 is 25.0 Å². The summed E-state index contributed by atoms with van der Waals surface area (Å²) in [7, 11) is 0. The van der Waals surface area contributed by atoms with E-state index in [0.717, 1.165) is 44.3 Å². The molecule has 0 radical (unpaired) electrons. The van der Waals surface area contributed by atoms with E-state index in [1.165, 1.54) is 12.1 Å². The first-order chi connectivity index (χ1) is 16.3. The van der Waals surface area contributed by atoms with E-state index in [-0.39, 0.29) is 23.8 Å². The Hall–Kier alpha value is -2.65. The summed E-state index contributed by atoms with van der Waals surface area (Å²) in [5, 5.41) is 6.55. The largest absolute Gasteiger partial charge is 0.573 e. The third-order valence-electron chi connectivity index (χ3n) is 6.00. The van der Waals surface area contributed by atoms with Crippen molar-refractivity contribution < 1.29 is 27.4 Å². The van der Waals surface area contributed by atoms with Crippen molar-refractivity contribution in [1.82, 2.24) is 5.32 Å². The van der Waals surface area contributed by atoms with Gasteiger partial charge in [0.15, 0.2) is 0 Å². The summed E-state index contributed by atoms with van der Waals surface area (Å²) in [4.78, 5) is 14.5. The zero-order valence-electron chi connectivity index (χ0n) is 18.5. The molecule has 2 aliphatic heterocycles. The molecule has 1 atom stereocenters. The highest BCUT2D eigenvalue weighted by Crippen LogP contribution is 2.32. The number of alkyl halides is 3. The molecule has 34 heavy (non-hydrogen) atoms. The van der Waals surface area contributed by atoms with E-state index in [0.29, 0.717) is 29.5 Å². The van der Waals surface area contributed by atoms with Crippen LogP contribution in [0.4, 0.5) is 24.5 Å². The summed E-state index contributed by atoms with van der Waals surface area (Å²) < 4.78 is 47.0. The zero-order valence-corrected chi connectivity index (χ0v) is 19.3. The zero-order chi connectivity index (χ0) is 24.1. The summed E-state index contributed by atoms with van der Waals surface area (Å²) in [6, 6.07) is 10.9. The number of hydrogen-bond acceptors (Lipinski definition) is 5. The second kappa shape index (κ2) is 10.7. The third-order valence-corrected chi connectivity index (χ3v) is 6.29. The number of amides is 1. The number of ether oxygens (including phenoxy) is 2. The van der Waals surface area contributed by atoms with Crippen LogP contribution in [-0.4, -0.2) is 44.0 Å². The molecular formula is C24H27ClF3N3O3. The maximum Gasteiger partial charge on any atom is 0.573 e. The molecule has 2 heterocycles. The predicted molar refractivity (Wildman–Crippen MR) is 125 cm³/mol. The van der Waals surface area contributed by atoms with Crippen LogP contribution in [0.15, 0.2) is 42.5 Å². The lowest BCUT2D eigenvalue weighted by atomic mass is 10.0. The first kappa shape index (κ1) is 24.5. The number of benzene rings is 2. The minimum absolute atomic E-state index is 0.0338. The maximum absolute atomic E-state index is 12.4. The molecule has 184 valence electrons. The van der Waals surface area contributed by atoms with Gasteiger partial charge in [-0.25, -0.2) is 0 Å². The van der Waals surface area contributed by atoms with Crippen LogP contribution in [0.25, 0.3) is 0 Å². The van der Waals surface area contributed by atoms with Gasteiger partial charge in [0.25, 0.3) is 0 Å². The molecule has 6 nitrogen and oxygen atoms in total. The summed E-state index contributed by atoms with van der Waals surface area (Å²) in [5.41, 5.74) is 1.46. The second-order valence-electron chi connectivity index (χ2n) is 8.48. The topological polar surface area (TPSA) is 62.8 Å². The smallest absolute Gasteiger partial charge is 0.489 e. The maximum atomic E-state index is 12.4. The molecule has 1 amide bonds. The molecule has 0 saturated carbocycles. The molecule has 2 aromatic carbocycles. The van der Waals surface area contributed by atoms with Crippen LogP contribution in [-0.2, 0) is 4.79 Å². The highest BCUT2D eigenvalue weighted by molar-refractivity contribution is 6.32. The Morgan fingerprint density at radius 1 is 1.06 bits per heavy atom. The Kier molecular flexibility index (Phi) is 7.73. The van der Waals surface area contributed by atoms with Gasteiger partial charge in [0.05, 0.1) is 11.1 Å². The summed E-state index contributed by atoms with van der Waals surface area (Å²) in [6.07, 6.45) is -0.307. The number of carbonyl (C=O) groups is 1. The van der Waals surface area contributed by atoms with E-state index in [1.54, 1.807) is 30.3 Å². The van der Waals surface area contributed by atoms with Gasteiger partial charge in [-0.1, -0.05) is 18.0 Å². The van der Waals surface area contributed by atoms with Gasteiger partial charge in [-0.15, -0.1) is 13.2 Å². The number of piperidine rings is 2. The van der Waals surface area contributed by atoms with Crippen molar-refractivity contribution in [3.8, 4) is 11.5 Å². The monoisotopic (exact) mass is 497 g/mol. The fourth-order valence-corrected chi connectivity index (χ4v) is 4.47. The number of nitrogens with zero attached hydrogens (tertiary/aromatic N) is 1. The number of halogens is 4. The lowest BCUT2D eigenvalue weighted by Gasteiger charge is -2.34. The van der Waals surface area contributed by atoms with Crippen molar-refractivity contribution >= 4 is 28.9 Å². The van der Waals surface area contributed by atoms with Crippen LogP contribution in [0, 0.1) is 0 Å². The molecular weight excluding hydrogens is 471 g/mol. The van der Waals surface area contributed by atoms with Crippen LogP contribution in [0.2, 0.25) is 5.02 Å².